The number of nitrogens with one attached hydrogen (secondary N) is 1. The molecule has 0 aliphatic heterocycles. The van der Waals surface area contributed by atoms with Crippen molar-refractivity contribution < 1.29 is 19.4 Å². The second-order valence-corrected chi connectivity index (χ2v) is 5.05. The lowest BCUT2D eigenvalue weighted by molar-refractivity contribution is -0.128. The van der Waals surface area contributed by atoms with Crippen molar-refractivity contribution in [3.63, 3.8) is 0 Å². The molecule has 5 heteroatoms. The zero-order valence-electron chi connectivity index (χ0n) is 12.9. The van der Waals surface area contributed by atoms with E-state index in [1.807, 2.05) is 25.1 Å². The van der Waals surface area contributed by atoms with Gasteiger partial charge in [0.25, 0.3) is 5.91 Å². The number of hydrogen-bond acceptors (Lipinski definition) is 3. The quantitative estimate of drug-likeness (QED) is 0.824. The summed E-state index contributed by atoms with van der Waals surface area (Å²) in [6.07, 6.45) is -0.00530. The molecule has 0 radical (unpaired) electrons. The third-order valence-corrected chi connectivity index (χ3v) is 3.35. The van der Waals surface area contributed by atoms with Gasteiger partial charge in [-0.05, 0) is 36.2 Å². The Morgan fingerprint density at radius 2 is 1.74 bits per heavy atom. The minimum absolute atomic E-state index is 0.196. The fourth-order valence-electron chi connectivity index (χ4n) is 2.05. The van der Waals surface area contributed by atoms with Crippen molar-refractivity contribution in [2.24, 2.45) is 0 Å². The van der Waals surface area contributed by atoms with Gasteiger partial charge in [0.15, 0.2) is 6.10 Å². The molecule has 0 aliphatic rings. The van der Waals surface area contributed by atoms with Crippen LogP contribution in [0.2, 0.25) is 0 Å². The van der Waals surface area contributed by atoms with E-state index in [2.05, 4.69) is 5.32 Å². The van der Waals surface area contributed by atoms with Gasteiger partial charge in [0.2, 0.25) is 0 Å². The molecule has 1 amide bonds. The Bertz CT molecular complexity index is 652. The Hall–Kier alpha value is -2.82. The third-order valence-electron chi connectivity index (χ3n) is 3.35. The lowest BCUT2D eigenvalue weighted by atomic mass is 10.1. The van der Waals surface area contributed by atoms with Gasteiger partial charge >= 0.3 is 5.97 Å². The van der Waals surface area contributed by atoms with Crippen LogP contribution < -0.4 is 10.1 Å². The first-order chi connectivity index (χ1) is 11.1. The summed E-state index contributed by atoms with van der Waals surface area (Å²) in [6.45, 7) is 2.21. The molecule has 0 saturated carbocycles. The lowest BCUT2D eigenvalue weighted by Gasteiger charge is -2.17. The van der Waals surface area contributed by atoms with Crippen molar-refractivity contribution in [2.75, 3.05) is 0 Å². The zero-order chi connectivity index (χ0) is 16.7. The van der Waals surface area contributed by atoms with E-state index in [9.17, 15) is 9.59 Å². The molecule has 120 valence electrons. The molecule has 0 aromatic heterocycles. The van der Waals surface area contributed by atoms with E-state index >= 15 is 0 Å². The maximum atomic E-state index is 12.2. The zero-order valence-corrected chi connectivity index (χ0v) is 12.9. The molecule has 2 aromatic rings. The predicted octanol–water partition coefficient (Wildman–Crippen LogP) is 2.86. The number of hydrogen-bond donors (Lipinski definition) is 2. The average molecular weight is 313 g/mol. The van der Waals surface area contributed by atoms with Crippen LogP contribution in [0.1, 0.15) is 29.3 Å². The largest absolute Gasteiger partial charge is 0.481 e. The van der Waals surface area contributed by atoms with Crippen molar-refractivity contribution in [1.82, 2.24) is 5.32 Å². The molecule has 1 atom stereocenters. The molecule has 0 bridgehead atoms. The molecular formula is C18H19NO4. The summed E-state index contributed by atoms with van der Waals surface area (Å²) < 4.78 is 5.67. The van der Waals surface area contributed by atoms with Crippen LogP contribution in [0.15, 0.2) is 54.6 Å². The van der Waals surface area contributed by atoms with Crippen LogP contribution in [0, 0.1) is 0 Å². The molecule has 0 saturated heterocycles. The van der Waals surface area contributed by atoms with Gasteiger partial charge in [-0.3, -0.25) is 4.79 Å². The fraction of sp³-hybridized carbons (Fsp3) is 0.222. The second kappa shape index (κ2) is 7.98. The van der Waals surface area contributed by atoms with E-state index in [1.165, 1.54) is 12.1 Å². The maximum absolute atomic E-state index is 12.2. The molecule has 2 aromatic carbocycles. The molecule has 23 heavy (non-hydrogen) atoms. The van der Waals surface area contributed by atoms with E-state index in [0.717, 1.165) is 5.56 Å². The number of para-hydroxylation sites is 1. The first-order valence-electron chi connectivity index (χ1n) is 7.41. The van der Waals surface area contributed by atoms with E-state index in [-0.39, 0.29) is 11.5 Å². The molecule has 0 heterocycles. The van der Waals surface area contributed by atoms with Gasteiger partial charge in [0, 0.05) is 6.54 Å². The number of rotatable bonds is 7. The van der Waals surface area contributed by atoms with Crippen LogP contribution in [-0.2, 0) is 11.3 Å². The number of benzene rings is 2. The smallest absolute Gasteiger partial charge is 0.335 e. The molecule has 0 fully saturated rings. The molecule has 0 aliphatic carbocycles. The van der Waals surface area contributed by atoms with Crippen molar-refractivity contribution in [2.45, 2.75) is 26.0 Å². The van der Waals surface area contributed by atoms with E-state index in [4.69, 9.17) is 9.84 Å². The first kappa shape index (κ1) is 16.5. The number of aromatic carboxylic acids is 1. The van der Waals surface area contributed by atoms with Gasteiger partial charge < -0.3 is 15.2 Å². The fourth-order valence-corrected chi connectivity index (χ4v) is 2.05. The van der Waals surface area contributed by atoms with Crippen LogP contribution in [0.3, 0.4) is 0 Å². The SMILES string of the molecule is CCC(Oc1ccccc1)C(=O)NCc1ccc(C(=O)O)cc1. The van der Waals surface area contributed by atoms with Crippen LogP contribution >= 0.6 is 0 Å². The monoisotopic (exact) mass is 313 g/mol. The standard InChI is InChI=1S/C18H19NO4/c1-2-16(23-15-6-4-3-5-7-15)17(20)19-12-13-8-10-14(11-9-13)18(21)22/h3-11,16H,2,12H2,1H3,(H,19,20)(H,21,22). The summed E-state index contributed by atoms with van der Waals surface area (Å²) in [7, 11) is 0. The Labute approximate surface area is 134 Å². The number of carbonyl (C=O) groups excluding carboxylic acids is 1. The number of carboxylic acids is 1. The Kier molecular flexibility index (Phi) is 5.74. The van der Waals surface area contributed by atoms with E-state index in [1.54, 1.807) is 24.3 Å². The molecule has 1 unspecified atom stereocenters. The number of carbonyl (C=O) groups is 2. The lowest BCUT2D eigenvalue weighted by Crippen LogP contribution is -2.37. The normalized spacial score (nSPS) is 11.5. The highest BCUT2D eigenvalue weighted by molar-refractivity contribution is 5.87. The summed E-state index contributed by atoms with van der Waals surface area (Å²) >= 11 is 0. The van der Waals surface area contributed by atoms with Crippen molar-refractivity contribution in [3.05, 3.63) is 65.7 Å². The van der Waals surface area contributed by atoms with Gasteiger partial charge in [-0.1, -0.05) is 37.3 Å². The summed E-state index contributed by atoms with van der Waals surface area (Å²) in [5.41, 5.74) is 1.05. The minimum atomic E-state index is -0.970. The van der Waals surface area contributed by atoms with Gasteiger partial charge in [-0.2, -0.15) is 0 Å². The van der Waals surface area contributed by atoms with Crippen molar-refractivity contribution in [3.8, 4) is 5.75 Å². The third kappa shape index (κ3) is 4.85. The average Bonchev–Trinajstić information content (AvgIpc) is 2.58. The van der Waals surface area contributed by atoms with Crippen LogP contribution in [0.4, 0.5) is 0 Å². The van der Waals surface area contributed by atoms with Crippen LogP contribution in [0.25, 0.3) is 0 Å². The molecule has 0 spiro atoms. The van der Waals surface area contributed by atoms with Crippen molar-refractivity contribution >= 4 is 11.9 Å². The summed E-state index contributed by atoms with van der Waals surface area (Å²) in [5.74, 6) is -0.512. The van der Waals surface area contributed by atoms with Gasteiger partial charge in [0.05, 0.1) is 5.56 Å². The topological polar surface area (TPSA) is 75.6 Å². The highest BCUT2D eigenvalue weighted by Crippen LogP contribution is 2.13. The van der Waals surface area contributed by atoms with Crippen LogP contribution in [0.5, 0.6) is 5.75 Å². The summed E-state index contributed by atoms with van der Waals surface area (Å²) in [4.78, 5) is 23.0. The minimum Gasteiger partial charge on any atom is -0.481 e. The van der Waals surface area contributed by atoms with E-state index < -0.39 is 12.1 Å². The molecule has 5 nitrogen and oxygen atoms in total. The Morgan fingerprint density at radius 3 is 2.30 bits per heavy atom. The summed E-state index contributed by atoms with van der Waals surface area (Å²) in [6, 6.07) is 15.6. The van der Waals surface area contributed by atoms with Gasteiger partial charge in [-0.15, -0.1) is 0 Å². The van der Waals surface area contributed by atoms with Crippen LogP contribution in [-0.4, -0.2) is 23.1 Å². The highest BCUT2D eigenvalue weighted by atomic mass is 16.5. The second-order valence-electron chi connectivity index (χ2n) is 5.05. The number of carboxylic acid groups (broad SMARTS) is 1. The number of amides is 1. The van der Waals surface area contributed by atoms with Gasteiger partial charge in [0.1, 0.15) is 5.75 Å². The predicted molar refractivity (Wildman–Crippen MR) is 86.4 cm³/mol. The first-order valence-corrected chi connectivity index (χ1v) is 7.41. The van der Waals surface area contributed by atoms with Gasteiger partial charge in [-0.25, -0.2) is 4.79 Å². The van der Waals surface area contributed by atoms with Crippen molar-refractivity contribution in [1.29, 1.82) is 0 Å². The summed E-state index contributed by atoms with van der Waals surface area (Å²) in [5, 5.41) is 11.7. The highest BCUT2D eigenvalue weighted by Gasteiger charge is 2.17. The molecule has 2 rings (SSSR count). The number of ether oxygens (including phenoxy) is 1. The Balaban J connectivity index is 1.90. The Morgan fingerprint density at radius 1 is 1.09 bits per heavy atom. The molecule has 2 N–H and O–H groups in total. The van der Waals surface area contributed by atoms with E-state index in [0.29, 0.717) is 18.7 Å². The molecular weight excluding hydrogens is 294 g/mol. The maximum Gasteiger partial charge on any atom is 0.335 e.